The van der Waals surface area contributed by atoms with E-state index in [1.807, 2.05) is 4.98 Å². The highest BCUT2D eigenvalue weighted by atomic mass is 35.5. The number of nitrogens with one attached hydrogen (secondary N) is 2. The molecular weight excluding hydrogens is 522 g/mol. The summed E-state index contributed by atoms with van der Waals surface area (Å²) < 4.78 is 46.9. The summed E-state index contributed by atoms with van der Waals surface area (Å²) in [6.07, 6.45) is -3.35. The fourth-order valence-electron chi connectivity index (χ4n) is 3.25. The number of benzene rings is 1. The van der Waals surface area contributed by atoms with Gasteiger partial charge in [0.2, 0.25) is 0 Å². The summed E-state index contributed by atoms with van der Waals surface area (Å²) in [7, 11) is 1.61. The van der Waals surface area contributed by atoms with E-state index in [-0.39, 0.29) is 12.4 Å². The van der Waals surface area contributed by atoms with Crippen LogP contribution < -0.4 is 20.9 Å². The molecule has 16 heteroatoms. The van der Waals surface area contributed by atoms with Crippen LogP contribution in [-0.4, -0.2) is 64.7 Å². The van der Waals surface area contributed by atoms with Gasteiger partial charge in [0.05, 0.1) is 24.1 Å². The molecule has 1 aliphatic rings. The van der Waals surface area contributed by atoms with Crippen molar-refractivity contribution in [3.63, 3.8) is 0 Å². The number of aliphatic hydroxyl groups excluding tert-OH is 1. The minimum atomic E-state index is -4.38. The number of halogens is 2. The highest BCUT2D eigenvalue weighted by Gasteiger charge is 2.53. The van der Waals surface area contributed by atoms with E-state index in [2.05, 4.69) is 5.09 Å². The largest absolute Gasteiger partial charge is 0.465 e. The van der Waals surface area contributed by atoms with E-state index in [0.29, 0.717) is 0 Å². The number of esters is 1. The lowest BCUT2D eigenvalue weighted by Gasteiger charge is -2.27. The maximum absolute atomic E-state index is 13.5. The topological polar surface area (TPSA) is 158 Å². The van der Waals surface area contributed by atoms with Gasteiger partial charge >= 0.3 is 19.4 Å². The van der Waals surface area contributed by atoms with Gasteiger partial charge in [0.15, 0.2) is 6.23 Å². The SMILES string of the molecule is [B][C@]1(Cl)[C@H](O)[C@@H](CO[P@](=O)(N[C@@H](C)C(=O)OCC)Oc2ccc(F)cc2)O[C@H]1n1ccc(=O)[nH]c1=O. The fourth-order valence-corrected chi connectivity index (χ4v) is 5.05. The molecule has 1 aliphatic heterocycles. The average molecular weight is 546 g/mol. The van der Waals surface area contributed by atoms with Crippen molar-refractivity contribution in [2.24, 2.45) is 0 Å². The normalized spacial score (nSPS) is 26.2. The molecule has 0 amide bonds. The van der Waals surface area contributed by atoms with Gasteiger partial charge in [0, 0.05) is 12.3 Å². The maximum Gasteiger partial charge on any atom is 0.459 e. The van der Waals surface area contributed by atoms with Crippen molar-refractivity contribution in [1.82, 2.24) is 14.6 Å². The van der Waals surface area contributed by atoms with Crippen molar-refractivity contribution in [2.75, 3.05) is 13.2 Å². The van der Waals surface area contributed by atoms with Gasteiger partial charge in [-0.25, -0.2) is 13.8 Å². The first kappa shape index (κ1) is 28.1. The second-order valence-electron chi connectivity index (χ2n) is 7.76. The molecule has 0 spiro atoms. The van der Waals surface area contributed by atoms with Crippen LogP contribution in [0.3, 0.4) is 0 Å². The van der Waals surface area contributed by atoms with Crippen molar-refractivity contribution in [1.29, 1.82) is 0 Å². The van der Waals surface area contributed by atoms with E-state index in [0.717, 1.165) is 29.0 Å². The summed E-state index contributed by atoms with van der Waals surface area (Å²) in [4.78, 5) is 37.6. The van der Waals surface area contributed by atoms with E-state index >= 15 is 0 Å². The Labute approximate surface area is 210 Å². The molecule has 3 N–H and O–H groups in total. The number of nitrogens with zero attached hydrogens (tertiary/aromatic N) is 1. The number of rotatable bonds is 10. The molecule has 0 saturated carbocycles. The number of ether oxygens (including phenoxy) is 2. The third kappa shape index (κ3) is 6.44. The zero-order chi connectivity index (χ0) is 26.7. The number of alkyl halides is 1. The summed E-state index contributed by atoms with van der Waals surface area (Å²) in [6.45, 7) is 2.37. The minimum absolute atomic E-state index is 0.0561. The Morgan fingerprint density at radius 2 is 2.06 bits per heavy atom. The van der Waals surface area contributed by atoms with E-state index in [1.165, 1.54) is 19.1 Å². The Morgan fingerprint density at radius 1 is 1.39 bits per heavy atom. The number of carbonyl (C=O) groups is 1. The molecule has 1 aromatic carbocycles. The van der Waals surface area contributed by atoms with Gasteiger partial charge in [0.1, 0.15) is 31.6 Å². The van der Waals surface area contributed by atoms with Crippen LogP contribution >= 0.6 is 19.3 Å². The van der Waals surface area contributed by atoms with Gasteiger partial charge < -0.3 is 19.1 Å². The van der Waals surface area contributed by atoms with Gasteiger partial charge in [-0.2, -0.15) is 5.09 Å². The first-order chi connectivity index (χ1) is 16.9. The van der Waals surface area contributed by atoms with Crippen molar-refractivity contribution in [3.05, 3.63) is 63.2 Å². The van der Waals surface area contributed by atoms with Crippen LogP contribution in [0.5, 0.6) is 5.75 Å². The summed E-state index contributed by atoms with van der Waals surface area (Å²) >= 11 is 6.26. The smallest absolute Gasteiger partial charge is 0.459 e. The standard InChI is InChI=1S/C20H23BClFN3O9P/c1-3-32-17(29)11(2)25-36(31,35-13-6-4-12(23)5-7-13)33-10-14-16(28)20(21,22)18(34-14)26-9-8-15(27)24-19(26)30/h4-9,11,14,16,18,28H,3,10H2,1-2H3,(H,25,31)(H,24,27,30)/t11-,14+,16+,18+,20-,36+/m0/s1. The predicted octanol–water partition coefficient (Wildman–Crippen LogP) is 0.782. The Hall–Kier alpha value is -2.48. The summed E-state index contributed by atoms with van der Waals surface area (Å²) in [6, 6.07) is 4.36. The number of aromatic nitrogens is 2. The molecule has 0 unspecified atom stereocenters. The lowest BCUT2D eigenvalue weighted by molar-refractivity contribution is -0.144. The highest BCUT2D eigenvalue weighted by molar-refractivity contribution is 7.52. The molecule has 1 fully saturated rings. The number of hydrogen-bond donors (Lipinski definition) is 3. The van der Waals surface area contributed by atoms with Crippen LogP contribution in [0.25, 0.3) is 0 Å². The molecule has 2 radical (unpaired) electrons. The second-order valence-corrected chi connectivity index (χ2v) is 10.1. The van der Waals surface area contributed by atoms with Crippen LogP contribution in [0.1, 0.15) is 20.1 Å². The molecule has 6 atom stereocenters. The highest BCUT2D eigenvalue weighted by Crippen LogP contribution is 2.47. The predicted molar refractivity (Wildman–Crippen MR) is 125 cm³/mol. The van der Waals surface area contributed by atoms with E-state index < -0.39 is 66.6 Å². The lowest BCUT2D eigenvalue weighted by Crippen LogP contribution is -2.45. The summed E-state index contributed by atoms with van der Waals surface area (Å²) in [5.41, 5.74) is -1.57. The molecule has 3 rings (SSSR count). The number of H-pyrrole nitrogens is 1. The molecule has 1 saturated heterocycles. The van der Waals surface area contributed by atoms with Gasteiger partial charge in [-0.3, -0.25) is 23.7 Å². The van der Waals surface area contributed by atoms with Crippen LogP contribution in [0.4, 0.5) is 4.39 Å². The number of hydrogen-bond acceptors (Lipinski definition) is 9. The van der Waals surface area contributed by atoms with Crippen LogP contribution in [0.15, 0.2) is 46.1 Å². The fraction of sp³-hybridized carbons (Fsp3) is 0.450. The number of carbonyl (C=O) groups excluding carboxylic acids is 1. The molecule has 36 heavy (non-hydrogen) atoms. The third-order valence-electron chi connectivity index (χ3n) is 5.03. The molecule has 2 aromatic rings. The average Bonchev–Trinajstić information content (AvgIpc) is 3.03. The molecule has 1 aromatic heterocycles. The Morgan fingerprint density at radius 3 is 2.67 bits per heavy atom. The van der Waals surface area contributed by atoms with Crippen molar-refractivity contribution in [2.45, 2.75) is 43.1 Å². The molecule has 12 nitrogen and oxygen atoms in total. The van der Waals surface area contributed by atoms with Crippen LogP contribution in [0.2, 0.25) is 0 Å². The quantitative estimate of drug-likeness (QED) is 0.169. The molecule has 0 bridgehead atoms. The van der Waals surface area contributed by atoms with E-state index in [4.69, 9.17) is 38.0 Å². The Balaban J connectivity index is 1.81. The number of aromatic amines is 1. The Bertz CT molecular complexity index is 1240. The monoisotopic (exact) mass is 545 g/mol. The first-order valence-electron chi connectivity index (χ1n) is 10.6. The second kappa shape index (κ2) is 11.3. The van der Waals surface area contributed by atoms with Crippen molar-refractivity contribution >= 4 is 33.2 Å². The maximum atomic E-state index is 13.5. The summed E-state index contributed by atoms with van der Waals surface area (Å²) in [5, 5.41) is 13.0. The molecular formula is C20H23BClFN3O9P. The number of aliphatic hydroxyl groups is 1. The van der Waals surface area contributed by atoms with Crippen LogP contribution in [-0.2, 0) is 23.4 Å². The van der Waals surface area contributed by atoms with Gasteiger partial charge in [-0.05, 0) is 38.1 Å². The van der Waals surface area contributed by atoms with Crippen molar-refractivity contribution < 1.29 is 37.4 Å². The van der Waals surface area contributed by atoms with Crippen molar-refractivity contribution in [3.8, 4) is 5.75 Å². The lowest BCUT2D eigenvalue weighted by atomic mass is 9.79. The molecule has 194 valence electrons. The van der Waals surface area contributed by atoms with Gasteiger partial charge in [-0.1, -0.05) is 0 Å². The van der Waals surface area contributed by atoms with Gasteiger partial charge in [0.25, 0.3) is 5.56 Å². The molecule has 0 aliphatic carbocycles. The van der Waals surface area contributed by atoms with Gasteiger partial charge in [-0.15, -0.1) is 11.6 Å². The third-order valence-corrected chi connectivity index (χ3v) is 7.09. The van der Waals surface area contributed by atoms with E-state index in [9.17, 15) is 28.4 Å². The zero-order valence-corrected chi connectivity index (χ0v) is 20.8. The zero-order valence-electron chi connectivity index (χ0n) is 19.1. The van der Waals surface area contributed by atoms with Crippen LogP contribution in [0, 0.1) is 5.82 Å². The summed E-state index contributed by atoms with van der Waals surface area (Å²) in [5.74, 6) is -1.38. The van der Waals surface area contributed by atoms with E-state index in [1.54, 1.807) is 6.92 Å². The first-order valence-corrected chi connectivity index (χ1v) is 12.6. The molecule has 2 heterocycles. The Kier molecular flexibility index (Phi) is 8.81. The minimum Gasteiger partial charge on any atom is -0.465 e.